The number of halogens is 1. The van der Waals surface area contributed by atoms with Crippen molar-refractivity contribution in [2.45, 2.75) is 25.0 Å². The normalized spacial score (nSPS) is 13.5. The molecule has 43 heavy (non-hydrogen) atoms. The van der Waals surface area contributed by atoms with Gasteiger partial charge in [0.05, 0.1) is 24.8 Å². The Hall–Kier alpha value is -4.99. The Kier molecular flexibility index (Phi) is 7.43. The molecule has 0 aliphatic heterocycles. The smallest absolute Gasteiger partial charge is 0.255 e. The minimum Gasteiger partial charge on any atom is -0.496 e. The second kappa shape index (κ2) is 11.4. The first-order valence-corrected chi connectivity index (χ1v) is 13.8. The van der Waals surface area contributed by atoms with Gasteiger partial charge in [0, 0.05) is 29.1 Å². The predicted octanol–water partition coefficient (Wildman–Crippen LogP) is 6.08. The van der Waals surface area contributed by atoms with Crippen molar-refractivity contribution in [1.82, 2.24) is 10.6 Å². The average molecular weight is 580 g/mol. The number of amides is 2. The van der Waals surface area contributed by atoms with Crippen LogP contribution in [0.3, 0.4) is 0 Å². The number of nitrogens with two attached hydrogens (primary N) is 1. The monoisotopic (exact) mass is 579 g/mol. The molecule has 1 aliphatic carbocycles. The third kappa shape index (κ3) is 5.24. The summed E-state index contributed by atoms with van der Waals surface area (Å²) < 4.78 is 25.6. The molecule has 5 aromatic rings. The highest BCUT2D eigenvalue weighted by atomic mass is 19.1. The Morgan fingerprint density at radius 2 is 1.70 bits per heavy atom. The molecule has 4 N–H and O–H groups in total. The zero-order chi connectivity index (χ0) is 30.1. The Balaban J connectivity index is 1.48. The van der Waals surface area contributed by atoms with E-state index in [0.29, 0.717) is 50.3 Å². The van der Waals surface area contributed by atoms with E-state index in [0.717, 1.165) is 18.4 Å². The molecule has 0 radical (unpaired) electrons. The van der Waals surface area contributed by atoms with Crippen LogP contribution in [0.5, 0.6) is 5.75 Å². The van der Waals surface area contributed by atoms with E-state index in [9.17, 15) is 14.0 Å². The molecule has 1 heterocycles. The quantitative estimate of drug-likeness (QED) is 0.182. The van der Waals surface area contributed by atoms with Crippen molar-refractivity contribution in [2.24, 2.45) is 5.90 Å². The van der Waals surface area contributed by atoms with Gasteiger partial charge in [0.15, 0.2) is 0 Å². The van der Waals surface area contributed by atoms with Gasteiger partial charge in [0.1, 0.15) is 22.9 Å². The van der Waals surface area contributed by atoms with Gasteiger partial charge < -0.3 is 19.8 Å². The lowest BCUT2D eigenvalue weighted by atomic mass is 9.94. The summed E-state index contributed by atoms with van der Waals surface area (Å²) in [4.78, 5) is 31.8. The zero-order valence-electron chi connectivity index (χ0n) is 23.7. The lowest BCUT2D eigenvalue weighted by Gasteiger charge is -2.19. The number of hydrogen-bond acceptors (Lipinski definition) is 6. The third-order valence-corrected chi connectivity index (χ3v) is 7.89. The van der Waals surface area contributed by atoms with Crippen LogP contribution in [0.2, 0.25) is 0 Å². The molecule has 6 rings (SSSR count). The lowest BCUT2D eigenvalue weighted by molar-refractivity contribution is 0.0929. The molecule has 4 aromatic carbocycles. The summed E-state index contributed by atoms with van der Waals surface area (Å²) in [7, 11) is 3.07. The maximum Gasteiger partial charge on any atom is 0.255 e. The van der Waals surface area contributed by atoms with Crippen LogP contribution in [0.1, 0.15) is 44.7 Å². The number of furan rings is 1. The highest BCUT2D eigenvalue weighted by molar-refractivity contribution is 6.12. The summed E-state index contributed by atoms with van der Waals surface area (Å²) >= 11 is 0. The number of methoxy groups -OCH3 is 1. The molecule has 0 saturated heterocycles. The van der Waals surface area contributed by atoms with Crippen molar-refractivity contribution in [3.63, 3.8) is 0 Å². The van der Waals surface area contributed by atoms with E-state index in [1.165, 1.54) is 19.2 Å². The fourth-order valence-corrected chi connectivity index (χ4v) is 5.52. The molecular formula is C34H30FN3O5. The van der Waals surface area contributed by atoms with Crippen molar-refractivity contribution in [3.8, 4) is 28.2 Å². The molecule has 9 heteroatoms. The first-order valence-electron chi connectivity index (χ1n) is 13.8. The predicted molar refractivity (Wildman–Crippen MR) is 161 cm³/mol. The van der Waals surface area contributed by atoms with Crippen molar-refractivity contribution >= 4 is 22.8 Å². The Bertz CT molecular complexity index is 1830. The highest BCUT2D eigenvalue weighted by Gasteiger charge is 2.45. The maximum absolute atomic E-state index is 13.7. The van der Waals surface area contributed by atoms with Crippen LogP contribution in [-0.4, -0.2) is 26.0 Å². The van der Waals surface area contributed by atoms with Gasteiger partial charge in [-0.1, -0.05) is 30.3 Å². The molecule has 0 bridgehead atoms. The summed E-state index contributed by atoms with van der Waals surface area (Å²) in [6.07, 6.45) is 1.72. The van der Waals surface area contributed by atoms with Gasteiger partial charge in [0.25, 0.3) is 11.8 Å². The molecule has 1 saturated carbocycles. The number of carbonyl (C=O) groups excluding carboxylic acids is 2. The standard InChI is InChI=1S/C34H30FN3O5/c1-37-33(40)30-27-18-25(22(19-42-36)17-29(27)43-31(30)20-8-11-24(35)12-9-20)26-16-21(10-13-28(26)41-2)32(39)38-34(14-15-34)23-6-4-3-5-7-23/h3-13,16-18H,14-15,19,36H2,1-2H3,(H,37,40)(H,38,39). The van der Waals surface area contributed by atoms with Gasteiger partial charge in [-0.2, -0.15) is 0 Å². The van der Waals surface area contributed by atoms with Crippen molar-refractivity contribution in [2.75, 3.05) is 14.2 Å². The number of hydrogen-bond donors (Lipinski definition) is 3. The summed E-state index contributed by atoms with van der Waals surface area (Å²) in [5, 5.41) is 6.42. The van der Waals surface area contributed by atoms with E-state index in [-0.39, 0.29) is 29.5 Å². The minimum atomic E-state index is -0.404. The van der Waals surface area contributed by atoms with Gasteiger partial charge in [-0.25, -0.2) is 10.3 Å². The van der Waals surface area contributed by atoms with E-state index < -0.39 is 5.82 Å². The highest BCUT2D eigenvalue weighted by Crippen LogP contribution is 2.46. The van der Waals surface area contributed by atoms with Crippen LogP contribution in [-0.2, 0) is 17.0 Å². The van der Waals surface area contributed by atoms with E-state index in [1.807, 2.05) is 30.3 Å². The summed E-state index contributed by atoms with van der Waals surface area (Å²) in [5.74, 6) is 5.34. The Morgan fingerprint density at radius 1 is 0.953 bits per heavy atom. The van der Waals surface area contributed by atoms with E-state index in [4.69, 9.17) is 19.9 Å². The minimum absolute atomic E-state index is 0.0177. The SMILES string of the molecule is CNC(=O)c1c(-c2ccc(F)cc2)oc2cc(CON)c(-c3cc(C(=O)NC4(c5ccccc5)CC4)ccc3OC)cc12. The third-order valence-electron chi connectivity index (χ3n) is 7.89. The molecule has 0 spiro atoms. The van der Waals surface area contributed by atoms with Crippen LogP contribution in [0, 0.1) is 5.82 Å². The van der Waals surface area contributed by atoms with Gasteiger partial charge in [-0.05, 0) is 84.1 Å². The second-order valence-corrected chi connectivity index (χ2v) is 10.5. The van der Waals surface area contributed by atoms with Crippen LogP contribution in [0.4, 0.5) is 4.39 Å². The zero-order valence-corrected chi connectivity index (χ0v) is 23.7. The number of nitrogens with one attached hydrogen (secondary N) is 2. The van der Waals surface area contributed by atoms with E-state index in [2.05, 4.69) is 10.6 Å². The number of benzene rings is 4. The van der Waals surface area contributed by atoms with Crippen molar-refractivity contribution < 1.29 is 28.0 Å². The lowest BCUT2D eigenvalue weighted by Crippen LogP contribution is -2.34. The molecule has 2 amide bonds. The first kappa shape index (κ1) is 28.1. The topological polar surface area (TPSA) is 116 Å². The van der Waals surface area contributed by atoms with Gasteiger partial charge in [-0.15, -0.1) is 0 Å². The van der Waals surface area contributed by atoms with Crippen LogP contribution < -0.4 is 21.3 Å². The molecule has 1 aliphatic rings. The molecule has 0 atom stereocenters. The number of fused-ring (bicyclic) bond motifs is 1. The van der Waals surface area contributed by atoms with Crippen LogP contribution in [0.15, 0.2) is 89.3 Å². The number of carbonyl (C=O) groups is 2. The van der Waals surface area contributed by atoms with Crippen LogP contribution >= 0.6 is 0 Å². The summed E-state index contributed by atoms with van der Waals surface area (Å²) in [5.41, 5.74) is 4.29. The van der Waals surface area contributed by atoms with Gasteiger partial charge >= 0.3 is 0 Å². The fourth-order valence-electron chi connectivity index (χ4n) is 5.52. The van der Waals surface area contributed by atoms with E-state index in [1.54, 1.807) is 49.6 Å². The van der Waals surface area contributed by atoms with E-state index >= 15 is 0 Å². The average Bonchev–Trinajstić information content (AvgIpc) is 3.73. The van der Waals surface area contributed by atoms with Gasteiger partial charge in [0.2, 0.25) is 0 Å². The summed E-state index contributed by atoms with van der Waals surface area (Å²) in [6.45, 7) is 0.0177. The first-order chi connectivity index (χ1) is 20.9. The van der Waals surface area contributed by atoms with Crippen molar-refractivity contribution in [3.05, 3.63) is 113 Å². The molecule has 1 fully saturated rings. The maximum atomic E-state index is 13.7. The summed E-state index contributed by atoms with van der Waals surface area (Å²) in [6, 6.07) is 24.4. The molecule has 218 valence electrons. The Morgan fingerprint density at radius 3 is 2.35 bits per heavy atom. The Labute approximate surface area is 247 Å². The molecule has 1 aromatic heterocycles. The molecular weight excluding hydrogens is 549 g/mol. The molecule has 8 nitrogen and oxygen atoms in total. The second-order valence-electron chi connectivity index (χ2n) is 10.5. The largest absolute Gasteiger partial charge is 0.496 e. The number of rotatable bonds is 9. The fraction of sp³-hybridized carbons (Fsp3) is 0.176. The van der Waals surface area contributed by atoms with Gasteiger partial charge in [-0.3, -0.25) is 14.4 Å². The van der Waals surface area contributed by atoms with Crippen molar-refractivity contribution in [1.29, 1.82) is 0 Å². The van der Waals surface area contributed by atoms with Crippen LogP contribution in [0.25, 0.3) is 33.4 Å². The number of ether oxygens (including phenoxy) is 1. The molecule has 0 unspecified atom stereocenters.